The van der Waals surface area contributed by atoms with Gasteiger partial charge in [-0.2, -0.15) is 0 Å². The molecular weight excluding hydrogens is 251 g/mol. The van der Waals surface area contributed by atoms with Crippen molar-refractivity contribution in [3.05, 3.63) is 21.8 Å². The molecule has 3 heteroatoms. The van der Waals surface area contributed by atoms with E-state index in [4.69, 9.17) is 5.73 Å². The molecule has 0 aliphatic carbocycles. The topological polar surface area (TPSA) is 38.0 Å². The van der Waals surface area contributed by atoms with Gasteiger partial charge in [0.15, 0.2) is 0 Å². The van der Waals surface area contributed by atoms with Gasteiger partial charge in [0.2, 0.25) is 0 Å². The fraction of sp³-hybridized carbons (Fsp3) is 0.375. The quantitative estimate of drug-likeness (QED) is 0.581. The minimum atomic E-state index is 0.207. The first-order valence-electron chi connectivity index (χ1n) is 3.65. The van der Waals surface area contributed by atoms with Crippen molar-refractivity contribution >= 4 is 24.7 Å². The van der Waals surface area contributed by atoms with Gasteiger partial charge in [-0.1, -0.05) is 32.9 Å². The van der Waals surface area contributed by atoms with Crippen molar-refractivity contribution in [1.29, 1.82) is 0 Å². The second-order valence-corrected chi connectivity index (χ2v) is 4.32. The Hall–Kier alpha value is -0.000000000000000111. The standard InChI is InChI=1S/C8H13IN2/c10-4-5-11-7-8-2-1-3-9-6-8/h1-3,6,11H,4-5,7,10H2. The lowest BCUT2D eigenvalue weighted by Crippen LogP contribution is -2.24. The molecule has 0 unspecified atom stereocenters. The normalized spacial score (nSPS) is 15.9. The summed E-state index contributed by atoms with van der Waals surface area (Å²) >= 11 is 0.207. The van der Waals surface area contributed by atoms with Gasteiger partial charge in [0.05, 0.1) is 0 Å². The van der Waals surface area contributed by atoms with Crippen LogP contribution in [0, 0.1) is 0 Å². The fourth-order valence-corrected chi connectivity index (χ4v) is 2.33. The van der Waals surface area contributed by atoms with Crippen LogP contribution in [0.2, 0.25) is 0 Å². The van der Waals surface area contributed by atoms with E-state index in [2.05, 4.69) is 25.6 Å². The summed E-state index contributed by atoms with van der Waals surface area (Å²) in [4.78, 5) is 0. The van der Waals surface area contributed by atoms with Crippen LogP contribution in [0.4, 0.5) is 0 Å². The summed E-state index contributed by atoms with van der Waals surface area (Å²) in [5, 5.41) is 3.26. The predicted octanol–water partition coefficient (Wildman–Crippen LogP) is 0.761. The largest absolute Gasteiger partial charge is 0.329 e. The molecule has 0 fully saturated rings. The van der Waals surface area contributed by atoms with Crippen LogP contribution in [-0.4, -0.2) is 23.6 Å². The smallest absolute Gasteiger partial charge is 0.0210 e. The monoisotopic (exact) mass is 264 g/mol. The van der Waals surface area contributed by atoms with Crippen LogP contribution < -0.4 is 11.1 Å². The van der Waals surface area contributed by atoms with Crippen molar-refractivity contribution in [2.45, 2.75) is 0 Å². The van der Waals surface area contributed by atoms with Crippen molar-refractivity contribution in [2.24, 2.45) is 5.73 Å². The molecule has 1 rings (SSSR count). The number of nitrogens with two attached hydrogens (primary N) is 1. The van der Waals surface area contributed by atoms with E-state index in [1.165, 1.54) is 5.57 Å². The Bertz CT molecular complexity index is 194. The van der Waals surface area contributed by atoms with Gasteiger partial charge in [0.25, 0.3) is 0 Å². The molecule has 2 nitrogen and oxygen atoms in total. The molecule has 0 aromatic carbocycles. The highest BCUT2D eigenvalue weighted by Crippen LogP contribution is 2.07. The zero-order chi connectivity index (χ0) is 7.94. The van der Waals surface area contributed by atoms with Crippen molar-refractivity contribution in [3.8, 4) is 0 Å². The van der Waals surface area contributed by atoms with Crippen LogP contribution in [-0.2, 0) is 0 Å². The summed E-state index contributed by atoms with van der Waals surface area (Å²) in [7, 11) is 0. The molecule has 0 bridgehead atoms. The molecule has 0 aromatic rings. The van der Waals surface area contributed by atoms with Gasteiger partial charge in [-0.05, 0) is 13.7 Å². The molecule has 1 aliphatic rings. The van der Waals surface area contributed by atoms with Gasteiger partial charge >= 0.3 is 0 Å². The maximum Gasteiger partial charge on any atom is 0.0210 e. The van der Waals surface area contributed by atoms with E-state index in [0.717, 1.165) is 19.6 Å². The number of halogens is 1. The molecule has 0 saturated carbocycles. The van der Waals surface area contributed by atoms with E-state index in [-0.39, 0.29) is 20.7 Å². The van der Waals surface area contributed by atoms with Gasteiger partial charge in [0.1, 0.15) is 0 Å². The molecule has 1 aliphatic heterocycles. The molecule has 11 heavy (non-hydrogen) atoms. The van der Waals surface area contributed by atoms with E-state index >= 15 is 0 Å². The predicted molar refractivity (Wildman–Crippen MR) is 59.2 cm³/mol. The van der Waals surface area contributed by atoms with E-state index in [1.807, 2.05) is 0 Å². The lowest BCUT2D eigenvalue weighted by atomic mass is 10.3. The molecule has 3 N–H and O–H groups in total. The van der Waals surface area contributed by atoms with Crippen molar-refractivity contribution in [2.75, 3.05) is 19.6 Å². The minimum Gasteiger partial charge on any atom is -0.329 e. The lowest BCUT2D eigenvalue weighted by molar-refractivity contribution is 0.747. The highest BCUT2D eigenvalue weighted by Gasteiger charge is 1.91. The highest BCUT2D eigenvalue weighted by molar-refractivity contribution is 14.2. The minimum absolute atomic E-state index is 0.207. The van der Waals surface area contributed by atoms with Crippen LogP contribution >= 0.6 is 20.7 Å². The summed E-state index contributed by atoms with van der Waals surface area (Å²) in [6.45, 7) is 2.60. The molecule has 0 atom stereocenters. The summed E-state index contributed by atoms with van der Waals surface area (Å²) in [6.07, 6.45) is 4.31. The van der Waals surface area contributed by atoms with Crippen molar-refractivity contribution in [1.82, 2.24) is 5.32 Å². The van der Waals surface area contributed by atoms with Crippen LogP contribution in [0.5, 0.6) is 0 Å². The van der Waals surface area contributed by atoms with E-state index in [0.29, 0.717) is 0 Å². The Morgan fingerprint density at radius 2 is 2.45 bits per heavy atom. The fourth-order valence-electron chi connectivity index (χ4n) is 0.788. The van der Waals surface area contributed by atoms with Crippen molar-refractivity contribution < 1.29 is 0 Å². The van der Waals surface area contributed by atoms with Gasteiger partial charge in [-0.15, -0.1) is 0 Å². The number of allylic oxidation sites excluding steroid dienone is 2. The molecule has 0 radical (unpaired) electrons. The average Bonchev–Trinajstić information content (AvgIpc) is 2.07. The summed E-state index contributed by atoms with van der Waals surface area (Å²) in [5.41, 5.74) is 6.76. The second kappa shape index (κ2) is 5.62. The number of hydrogen-bond acceptors (Lipinski definition) is 2. The maximum absolute atomic E-state index is 5.34. The molecular formula is C8H13IN2. The van der Waals surface area contributed by atoms with Crippen LogP contribution in [0.3, 0.4) is 0 Å². The SMILES string of the molecule is NCCNCC1=CC=CI=C1. The average molecular weight is 264 g/mol. The zero-order valence-electron chi connectivity index (χ0n) is 6.39. The first-order chi connectivity index (χ1) is 5.43. The Kier molecular flexibility index (Phi) is 4.65. The lowest BCUT2D eigenvalue weighted by Gasteiger charge is -2.03. The first-order valence-corrected chi connectivity index (χ1v) is 6.14. The van der Waals surface area contributed by atoms with E-state index < -0.39 is 0 Å². The molecule has 0 amide bonds. The highest BCUT2D eigenvalue weighted by atomic mass is 127. The molecule has 1 heterocycles. The van der Waals surface area contributed by atoms with Gasteiger partial charge < -0.3 is 11.1 Å². The van der Waals surface area contributed by atoms with Gasteiger partial charge in [-0.3, -0.25) is 0 Å². The van der Waals surface area contributed by atoms with E-state index in [9.17, 15) is 0 Å². The number of rotatable bonds is 4. The van der Waals surface area contributed by atoms with Crippen LogP contribution in [0.15, 0.2) is 21.8 Å². The summed E-state index contributed by atoms with van der Waals surface area (Å²) in [6, 6.07) is 0. The summed E-state index contributed by atoms with van der Waals surface area (Å²) in [5.74, 6) is 0. The third kappa shape index (κ3) is 3.79. The van der Waals surface area contributed by atoms with Gasteiger partial charge in [-0.25, -0.2) is 0 Å². The molecule has 0 spiro atoms. The Labute approximate surface area is 77.3 Å². The first kappa shape index (κ1) is 9.09. The molecule has 0 saturated heterocycles. The summed E-state index contributed by atoms with van der Waals surface area (Å²) < 4.78 is 4.59. The third-order valence-electron chi connectivity index (χ3n) is 1.31. The Balaban J connectivity index is 2.21. The zero-order valence-corrected chi connectivity index (χ0v) is 8.54. The van der Waals surface area contributed by atoms with Crippen LogP contribution in [0.25, 0.3) is 0 Å². The third-order valence-corrected chi connectivity index (χ3v) is 3.30. The Morgan fingerprint density at radius 1 is 1.55 bits per heavy atom. The Morgan fingerprint density at radius 3 is 3.09 bits per heavy atom. The van der Waals surface area contributed by atoms with E-state index in [1.54, 1.807) is 0 Å². The van der Waals surface area contributed by atoms with Crippen molar-refractivity contribution in [3.63, 3.8) is 0 Å². The molecule has 62 valence electrons. The number of nitrogens with one attached hydrogen (secondary N) is 1. The second-order valence-electron chi connectivity index (χ2n) is 2.26. The maximum atomic E-state index is 5.34. The van der Waals surface area contributed by atoms with Gasteiger partial charge in [0, 0.05) is 19.6 Å². The number of hydrogen-bond donors (Lipinski definition) is 2. The van der Waals surface area contributed by atoms with Crippen LogP contribution in [0.1, 0.15) is 0 Å². The molecule has 0 aromatic heterocycles.